The third kappa shape index (κ3) is 11.1. The Hall–Kier alpha value is -1.75. The summed E-state index contributed by atoms with van der Waals surface area (Å²) in [5, 5.41) is 2.84. The molecule has 9 N–H and O–H groups in total. The van der Waals surface area contributed by atoms with E-state index in [9.17, 15) is 4.79 Å². The predicted molar refractivity (Wildman–Crippen MR) is 117 cm³/mol. The van der Waals surface area contributed by atoms with Gasteiger partial charge < -0.3 is 33.0 Å². The zero-order valence-corrected chi connectivity index (χ0v) is 17.5. The van der Waals surface area contributed by atoms with Crippen LogP contribution in [-0.2, 0) is 11.3 Å². The van der Waals surface area contributed by atoms with Gasteiger partial charge in [0.25, 0.3) is 0 Å². The molecular formula is C20H39N7O2. The van der Waals surface area contributed by atoms with Crippen molar-refractivity contribution < 1.29 is 9.53 Å². The van der Waals surface area contributed by atoms with E-state index in [-0.39, 0.29) is 12.6 Å². The topological polar surface area (TPSA) is 149 Å². The van der Waals surface area contributed by atoms with Gasteiger partial charge in [-0.15, -0.1) is 0 Å². The van der Waals surface area contributed by atoms with Gasteiger partial charge in [-0.2, -0.15) is 0 Å². The van der Waals surface area contributed by atoms with E-state index in [4.69, 9.17) is 27.7 Å². The molecule has 0 spiro atoms. The van der Waals surface area contributed by atoms with E-state index in [0.717, 1.165) is 44.7 Å². The Labute approximate surface area is 174 Å². The summed E-state index contributed by atoms with van der Waals surface area (Å²) in [6.07, 6.45) is 0.337. The smallest absolute Gasteiger partial charge is 0.407 e. The molecule has 0 bridgehead atoms. The van der Waals surface area contributed by atoms with Crippen molar-refractivity contribution in [2.75, 3.05) is 65.4 Å². The third-order valence-electron chi connectivity index (χ3n) is 4.67. The summed E-state index contributed by atoms with van der Waals surface area (Å²) >= 11 is 0. The maximum atomic E-state index is 12.0. The van der Waals surface area contributed by atoms with Gasteiger partial charge in [-0.3, -0.25) is 9.80 Å². The molecule has 0 aromatic heterocycles. The molecule has 0 aliphatic rings. The second kappa shape index (κ2) is 16.1. The van der Waals surface area contributed by atoms with Crippen LogP contribution in [0.1, 0.15) is 12.0 Å². The number of nitrogens with one attached hydrogen (secondary N) is 1. The number of hydrogen-bond donors (Lipinski definition) is 5. The minimum atomic E-state index is -0.419. The predicted octanol–water partition coefficient (Wildman–Crippen LogP) is -0.890. The monoisotopic (exact) mass is 409 g/mol. The summed E-state index contributed by atoms with van der Waals surface area (Å²) < 4.78 is 5.28. The van der Waals surface area contributed by atoms with Crippen molar-refractivity contribution >= 4 is 6.09 Å². The molecule has 1 aromatic rings. The molecule has 1 unspecified atom stereocenters. The summed E-state index contributed by atoms with van der Waals surface area (Å²) in [6, 6.07) is 9.79. The highest BCUT2D eigenvalue weighted by Gasteiger charge is 2.20. The Morgan fingerprint density at radius 3 is 2.07 bits per heavy atom. The number of hydrogen-bond acceptors (Lipinski definition) is 8. The first kappa shape index (κ1) is 25.3. The van der Waals surface area contributed by atoms with Crippen molar-refractivity contribution in [3.05, 3.63) is 35.9 Å². The zero-order valence-electron chi connectivity index (χ0n) is 17.5. The standard InChI is InChI=1S/C20H39N7O2/c21-7-12-26(13-8-22)16-19(27(14-9-23)15-10-24)6-11-25-20(28)29-17-18-4-2-1-3-5-18/h1-5,19H,6-17,21-24H2,(H,25,28). The second-order valence-corrected chi connectivity index (χ2v) is 6.92. The van der Waals surface area contributed by atoms with Crippen LogP contribution in [0.15, 0.2) is 30.3 Å². The second-order valence-electron chi connectivity index (χ2n) is 6.92. The minimum Gasteiger partial charge on any atom is -0.445 e. The lowest BCUT2D eigenvalue weighted by Crippen LogP contribution is -2.50. The van der Waals surface area contributed by atoms with E-state index in [1.807, 2.05) is 30.3 Å². The molecule has 1 rings (SSSR count). The van der Waals surface area contributed by atoms with Crippen LogP contribution in [0, 0.1) is 0 Å². The highest BCUT2D eigenvalue weighted by molar-refractivity contribution is 5.67. The lowest BCUT2D eigenvalue weighted by atomic mass is 10.1. The first-order valence-electron chi connectivity index (χ1n) is 10.4. The first-order valence-corrected chi connectivity index (χ1v) is 10.4. The molecule has 1 aromatic carbocycles. The fraction of sp³-hybridized carbons (Fsp3) is 0.650. The molecule has 0 saturated heterocycles. The van der Waals surface area contributed by atoms with E-state index >= 15 is 0 Å². The van der Waals surface area contributed by atoms with E-state index in [1.54, 1.807) is 0 Å². The van der Waals surface area contributed by atoms with Crippen molar-refractivity contribution in [1.29, 1.82) is 0 Å². The molecule has 166 valence electrons. The average Bonchev–Trinajstić information content (AvgIpc) is 2.72. The fourth-order valence-electron chi connectivity index (χ4n) is 3.27. The average molecular weight is 410 g/mol. The van der Waals surface area contributed by atoms with Gasteiger partial charge in [-0.25, -0.2) is 4.79 Å². The number of alkyl carbamates (subject to hydrolysis) is 1. The molecule has 0 saturated carbocycles. The van der Waals surface area contributed by atoms with Gasteiger partial charge in [0.1, 0.15) is 6.61 Å². The van der Waals surface area contributed by atoms with Crippen LogP contribution in [0.2, 0.25) is 0 Å². The van der Waals surface area contributed by atoms with Crippen molar-refractivity contribution in [1.82, 2.24) is 15.1 Å². The van der Waals surface area contributed by atoms with Gasteiger partial charge in [0.2, 0.25) is 0 Å². The number of nitrogens with zero attached hydrogens (tertiary/aromatic N) is 2. The Kier molecular flexibility index (Phi) is 14.0. The Morgan fingerprint density at radius 1 is 0.931 bits per heavy atom. The number of rotatable bonds is 16. The summed E-state index contributed by atoms with van der Waals surface area (Å²) in [6.45, 7) is 6.86. The van der Waals surface area contributed by atoms with Gasteiger partial charge in [0, 0.05) is 71.5 Å². The van der Waals surface area contributed by atoms with E-state index < -0.39 is 6.09 Å². The normalized spacial score (nSPS) is 12.3. The van der Waals surface area contributed by atoms with Crippen molar-refractivity contribution in [3.8, 4) is 0 Å². The quantitative estimate of drug-likeness (QED) is 0.236. The molecule has 9 heteroatoms. The Bertz CT molecular complexity index is 521. The lowest BCUT2D eigenvalue weighted by Gasteiger charge is -2.35. The van der Waals surface area contributed by atoms with Crippen LogP contribution in [-0.4, -0.2) is 87.4 Å². The van der Waals surface area contributed by atoms with Gasteiger partial charge >= 0.3 is 6.09 Å². The van der Waals surface area contributed by atoms with Crippen LogP contribution >= 0.6 is 0 Å². The van der Waals surface area contributed by atoms with Crippen molar-refractivity contribution in [2.45, 2.75) is 19.1 Å². The van der Waals surface area contributed by atoms with Crippen LogP contribution in [0.4, 0.5) is 4.79 Å². The van der Waals surface area contributed by atoms with Gasteiger partial charge in [0.05, 0.1) is 0 Å². The summed E-state index contributed by atoms with van der Waals surface area (Å²) in [5.74, 6) is 0. The Morgan fingerprint density at radius 2 is 1.52 bits per heavy atom. The number of ether oxygens (including phenoxy) is 1. The van der Waals surface area contributed by atoms with Gasteiger partial charge in [-0.1, -0.05) is 30.3 Å². The fourth-order valence-corrected chi connectivity index (χ4v) is 3.27. The summed E-state index contributed by atoms with van der Waals surface area (Å²) in [7, 11) is 0. The third-order valence-corrected chi connectivity index (χ3v) is 4.67. The highest BCUT2D eigenvalue weighted by Crippen LogP contribution is 2.07. The summed E-state index contributed by atoms with van der Waals surface area (Å²) in [5.41, 5.74) is 24.0. The highest BCUT2D eigenvalue weighted by atomic mass is 16.5. The number of amides is 1. The lowest BCUT2D eigenvalue weighted by molar-refractivity contribution is 0.128. The molecule has 9 nitrogen and oxygen atoms in total. The number of nitrogens with two attached hydrogens (primary N) is 4. The molecular weight excluding hydrogens is 370 g/mol. The number of carbonyl (C=O) groups excluding carboxylic acids is 1. The van der Waals surface area contributed by atoms with Crippen LogP contribution in [0.25, 0.3) is 0 Å². The van der Waals surface area contributed by atoms with Crippen LogP contribution in [0.3, 0.4) is 0 Å². The zero-order chi connectivity index (χ0) is 21.3. The van der Waals surface area contributed by atoms with Crippen molar-refractivity contribution in [2.24, 2.45) is 22.9 Å². The maximum Gasteiger partial charge on any atom is 0.407 e. The van der Waals surface area contributed by atoms with Gasteiger partial charge in [0.15, 0.2) is 0 Å². The molecule has 0 radical (unpaired) electrons. The Balaban J connectivity index is 2.56. The molecule has 29 heavy (non-hydrogen) atoms. The van der Waals surface area contributed by atoms with E-state index in [2.05, 4.69) is 15.1 Å². The number of carbonyl (C=O) groups is 1. The number of benzene rings is 1. The van der Waals surface area contributed by atoms with Crippen LogP contribution < -0.4 is 28.3 Å². The molecule has 0 fully saturated rings. The first-order chi connectivity index (χ1) is 14.1. The van der Waals surface area contributed by atoms with Gasteiger partial charge in [-0.05, 0) is 12.0 Å². The van der Waals surface area contributed by atoms with Crippen LogP contribution in [0.5, 0.6) is 0 Å². The largest absolute Gasteiger partial charge is 0.445 e. The molecule has 0 heterocycles. The SMILES string of the molecule is NCCN(CCN)CC(CCNC(=O)OCc1ccccc1)N(CCN)CCN. The van der Waals surface area contributed by atoms with Crippen molar-refractivity contribution in [3.63, 3.8) is 0 Å². The molecule has 1 atom stereocenters. The molecule has 0 aliphatic heterocycles. The summed E-state index contributed by atoms with van der Waals surface area (Å²) in [4.78, 5) is 16.5. The minimum absolute atomic E-state index is 0.189. The maximum absolute atomic E-state index is 12.0. The van der Waals surface area contributed by atoms with E-state index in [1.165, 1.54) is 0 Å². The van der Waals surface area contributed by atoms with E-state index in [0.29, 0.717) is 32.7 Å². The molecule has 1 amide bonds. The molecule has 0 aliphatic carbocycles.